The average Bonchev–Trinajstić information content (AvgIpc) is 3.22. The SMILES string of the molecule is COc1c(O)cc2c(c1OC)OC[C@H]1c3cc4c(cc3O[C@@H]21)OCO4. The van der Waals surface area contributed by atoms with Gasteiger partial charge in [0.2, 0.25) is 18.3 Å². The summed E-state index contributed by atoms with van der Waals surface area (Å²) in [6, 6.07) is 5.40. The summed E-state index contributed by atoms with van der Waals surface area (Å²) in [6.45, 7) is 0.644. The van der Waals surface area contributed by atoms with E-state index in [1.807, 2.05) is 12.1 Å². The highest BCUT2D eigenvalue weighted by molar-refractivity contribution is 5.65. The minimum Gasteiger partial charge on any atom is -0.504 e. The number of phenols is 1. The van der Waals surface area contributed by atoms with Crippen LogP contribution in [-0.4, -0.2) is 32.7 Å². The Morgan fingerprint density at radius 1 is 0.920 bits per heavy atom. The Morgan fingerprint density at radius 2 is 1.68 bits per heavy atom. The number of hydrogen-bond donors (Lipinski definition) is 1. The van der Waals surface area contributed by atoms with E-state index in [1.54, 1.807) is 6.07 Å². The van der Waals surface area contributed by atoms with Crippen molar-refractivity contribution in [2.75, 3.05) is 27.6 Å². The fourth-order valence-corrected chi connectivity index (χ4v) is 3.72. The molecule has 3 heterocycles. The van der Waals surface area contributed by atoms with Crippen molar-refractivity contribution >= 4 is 0 Å². The minimum absolute atomic E-state index is 0.00509. The van der Waals surface area contributed by atoms with E-state index < -0.39 is 0 Å². The zero-order valence-corrected chi connectivity index (χ0v) is 13.7. The Morgan fingerprint density at radius 3 is 2.44 bits per heavy atom. The first-order chi connectivity index (χ1) is 12.2. The fraction of sp³-hybridized carbons (Fsp3) is 0.333. The lowest BCUT2D eigenvalue weighted by atomic mass is 9.88. The highest BCUT2D eigenvalue weighted by Gasteiger charge is 2.44. The second kappa shape index (κ2) is 5.02. The third kappa shape index (κ3) is 1.86. The minimum atomic E-state index is -0.285. The number of ether oxygens (including phenoxy) is 6. The van der Waals surface area contributed by atoms with E-state index in [1.165, 1.54) is 14.2 Å². The molecule has 1 N–H and O–H groups in total. The van der Waals surface area contributed by atoms with Crippen LogP contribution < -0.4 is 28.4 Å². The van der Waals surface area contributed by atoms with E-state index in [9.17, 15) is 5.11 Å². The standard InChI is InChI=1S/C18H16O7/c1-20-17-11(19)3-9-15-10(6-22-16(9)18(17)21-2)8-4-13-14(24-7-23-13)5-12(8)25-15/h3-5,10,15,19H,6-7H2,1-2H3/t10-,15-/m0/s1. The van der Waals surface area contributed by atoms with Crippen LogP contribution in [0.2, 0.25) is 0 Å². The van der Waals surface area contributed by atoms with Crippen molar-refractivity contribution in [1.82, 2.24) is 0 Å². The zero-order chi connectivity index (χ0) is 17.1. The maximum atomic E-state index is 10.3. The molecule has 0 spiro atoms. The molecule has 0 saturated carbocycles. The van der Waals surface area contributed by atoms with Crippen LogP contribution in [0.25, 0.3) is 0 Å². The number of phenolic OH excluding ortho intramolecular Hbond substituents is 1. The molecule has 2 aromatic carbocycles. The molecular weight excluding hydrogens is 328 g/mol. The van der Waals surface area contributed by atoms with Crippen molar-refractivity contribution in [1.29, 1.82) is 0 Å². The molecular formula is C18H16O7. The molecule has 3 aliphatic heterocycles. The van der Waals surface area contributed by atoms with Crippen LogP contribution in [-0.2, 0) is 0 Å². The number of benzene rings is 2. The van der Waals surface area contributed by atoms with Crippen LogP contribution in [0.3, 0.4) is 0 Å². The Hall–Kier alpha value is -2.96. The Balaban J connectivity index is 1.62. The molecule has 0 bridgehead atoms. The molecule has 0 unspecified atom stereocenters. The molecule has 0 radical (unpaired) electrons. The van der Waals surface area contributed by atoms with Gasteiger partial charge in [-0.3, -0.25) is 0 Å². The van der Waals surface area contributed by atoms with E-state index in [0.717, 1.165) is 16.9 Å². The van der Waals surface area contributed by atoms with Gasteiger partial charge in [0.15, 0.2) is 23.0 Å². The fourth-order valence-electron chi connectivity index (χ4n) is 3.72. The molecule has 0 aromatic heterocycles. The van der Waals surface area contributed by atoms with Crippen LogP contribution in [0.4, 0.5) is 0 Å². The summed E-state index contributed by atoms with van der Waals surface area (Å²) in [6.07, 6.45) is -0.285. The number of aromatic hydroxyl groups is 1. The highest BCUT2D eigenvalue weighted by atomic mass is 16.7. The van der Waals surface area contributed by atoms with E-state index in [-0.39, 0.29) is 30.3 Å². The first kappa shape index (κ1) is 14.4. The molecule has 3 aliphatic rings. The summed E-state index contributed by atoms with van der Waals surface area (Å²) in [5.74, 6) is 3.25. The van der Waals surface area contributed by atoms with Gasteiger partial charge in [-0.1, -0.05) is 0 Å². The van der Waals surface area contributed by atoms with Gasteiger partial charge >= 0.3 is 0 Å². The summed E-state index contributed by atoms with van der Waals surface area (Å²) in [4.78, 5) is 0. The summed E-state index contributed by atoms with van der Waals surface area (Å²) in [5.41, 5.74) is 1.73. The molecule has 0 amide bonds. The van der Waals surface area contributed by atoms with Crippen molar-refractivity contribution < 1.29 is 33.5 Å². The molecule has 0 fully saturated rings. The van der Waals surface area contributed by atoms with Crippen molar-refractivity contribution in [3.05, 3.63) is 29.3 Å². The lowest BCUT2D eigenvalue weighted by molar-refractivity contribution is 0.133. The lowest BCUT2D eigenvalue weighted by Crippen LogP contribution is -2.23. The van der Waals surface area contributed by atoms with Gasteiger partial charge in [-0.05, 0) is 12.1 Å². The van der Waals surface area contributed by atoms with Gasteiger partial charge in [0, 0.05) is 17.2 Å². The maximum Gasteiger partial charge on any atom is 0.231 e. The lowest BCUT2D eigenvalue weighted by Gasteiger charge is -2.29. The predicted octanol–water partition coefficient (Wildman–Crippen LogP) is 2.75. The van der Waals surface area contributed by atoms with E-state index in [0.29, 0.717) is 29.6 Å². The van der Waals surface area contributed by atoms with E-state index in [2.05, 4.69) is 0 Å². The molecule has 2 aromatic rings. The summed E-state index contributed by atoms with van der Waals surface area (Å²) in [5, 5.41) is 10.3. The zero-order valence-electron chi connectivity index (χ0n) is 13.7. The first-order valence-corrected chi connectivity index (χ1v) is 7.92. The van der Waals surface area contributed by atoms with Gasteiger partial charge in [-0.15, -0.1) is 0 Å². The molecule has 7 nitrogen and oxygen atoms in total. The van der Waals surface area contributed by atoms with Gasteiger partial charge in [0.25, 0.3) is 0 Å². The molecule has 7 heteroatoms. The van der Waals surface area contributed by atoms with Gasteiger partial charge in [-0.2, -0.15) is 0 Å². The Bertz CT molecular complexity index is 876. The normalized spacial score (nSPS) is 21.5. The molecule has 0 aliphatic carbocycles. The predicted molar refractivity (Wildman–Crippen MR) is 85.4 cm³/mol. The summed E-state index contributed by atoms with van der Waals surface area (Å²) < 4.78 is 33.6. The van der Waals surface area contributed by atoms with Crippen molar-refractivity contribution in [2.45, 2.75) is 12.0 Å². The first-order valence-electron chi connectivity index (χ1n) is 7.92. The monoisotopic (exact) mass is 344 g/mol. The maximum absolute atomic E-state index is 10.3. The summed E-state index contributed by atoms with van der Waals surface area (Å²) in [7, 11) is 2.98. The quantitative estimate of drug-likeness (QED) is 0.898. The number of methoxy groups -OCH3 is 2. The molecule has 25 heavy (non-hydrogen) atoms. The van der Waals surface area contributed by atoms with Crippen molar-refractivity contribution in [3.63, 3.8) is 0 Å². The summed E-state index contributed by atoms with van der Waals surface area (Å²) >= 11 is 0. The van der Waals surface area contributed by atoms with Crippen LogP contribution >= 0.6 is 0 Å². The largest absolute Gasteiger partial charge is 0.504 e. The third-order valence-electron chi connectivity index (χ3n) is 4.85. The second-order valence-corrected chi connectivity index (χ2v) is 6.08. The third-order valence-corrected chi connectivity index (χ3v) is 4.85. The number of rotatable bonds is 2. The second-order valence-electron chi connectivity index (χ2n) is 6.08. The number of fused-ring (bicyclic) bond motifs is 6. The van der Waals surface area contributed by atoms with Crippen LogP contribution in [0.5, 0.6) is 40.2 Å². The van der Waals surface area contributed by atoms with Crippen LogP contribution in [0.15, 0.2) is 18.2 Å². The van der Waals surface area contributed by atoms with Crippen LogP contribution in [0.1, 0.15) is 23.1 Å². The molecule has 5 rings (SSSR count). The smallest absolute Gasteiger partial charge is 0.231 e. The Kier molecular flexibility index (Phi) is 2.89. The average molecular weight is 344 g/mol. The van der Waals surface area contributed by atoms with E-state index in [4.69, 9.17) is 28.4 Å². The number of hydrogen-bond acceptors (Lipinski definition) is 7. The Labute approximate surface area is 143 Å². The van der Waals surface area contributed by atoms with Gasteiger partial charge in [0.1, 0.15) is 11.9 Å². The molecule has 0 saturated heterocycles. The highest BCUT2D eigenvalue weighted by Crippen LogP contribution is 2.58. The molecule has 130 valence electrons. The van der Waals surface area contributed by atoms with E-state index >= 15 is 0 Å². The van der Waals surface area contributed by atoms with Crippen molar-refractivity contribution in [3.8, 4) is 40.2 Å². The molecule has 2 atom stereocenters. The topological polar surface area (TPSA) is 75.6 Å². The van der Waals surface area contributed by atoms with Gasteiger partial charge in [0.05, 0.1) is 26.7 Å². The van der Waals surface area contributed by atoms with Crippen LogP contribution in [0, 0.1) is 0 Å². The van der Waals surface area contributed by atoms with Crippen molar-refractivity contribution in [2.24, 2.45) is 0 Å². The van der Waals surface area contributed by atoms with Gasteiger partial charge in [-0.25, -0.2) is 0 Å². The van der Waals surface area contributed by atoms with Gasteiger partial charge < -0.3 is 33.5 Å².